The Morgan fingerprint density at radius 1 is 1.16 bits per heavy atom. The average molecular weight is 338 g/mol. The maximum atomic E-state index is 12.4. The standard InChI is InChI=1S/C20H23N3O2/c1-23(18-8-4-6-14-5-2-3-7-17(14)18)13-19(24)22-16-11-9-15(10-12-16)20(21)25/h2-3,5,7,9-12,18H,4,6,8,13H2,1H3,(H2,21,25)(H,22,24)/p+1/t18-/m1/s1. The van der Waals surface area contributed by atoms with Gasteiger partial charge in [-0.25, -0.2) is 0 Å². The molecular formula is C20H24N3O2+. The van der Waals surface area contributed by atoms with Crippen molar-refractivity contribution in [1.29, 1.82) is 0 Å². The Labute approximate surface area is 147 Å². The fourth-order valence-corrected chi connectivity index (χ4v) is 3.57. The number of aryl methyl sites for hydroxylation is 1. The van der Waals surface area contributed by atoms with Gasteiger partial charge in [-0.1, -0.05) is 24.3 Å². The van der Waals surface area contributed by atoms with Crippen LogP contribution in [0.3, 0.4) is 0 Å². The number of fused-ring (bicyclic) bond motifs is 1. The highest BCUT2D eigenvalue weighted by molar-refractivity contribution is 5.95. The highest BCUT2D eigenvalue weighted by atomic mass is 16.2. The highest BCUT2D eigenvalue weighted by Gasteiger charge is 2.27. The van der Waals surface area contributed by atoms with Crippen LogP contribution in [0.4, 0.5) is 5.69 Å². The number of benzene rings is 2. The van der Waals surface area contributed by atoms with Gasteiger partial charge in [-0.05, 0) is 42.7 Å². The van der Waals surface area contributed by atoms with Gasteiger partial charge in [0.1, 0.15) is 6.04 Å². The molecule has 0 aliphatic heterocycles. The summed E-state index contributed by atoms with van der Waals surface area (Å²) in [4.78, 5) is 24.7. The molecule has 0 heterocycles. The van der Waals surface area contributed by atoms with Crippen molar-refractivity contribution in [2.45, 2.75) is 25.3 Å². The van der Waals surface area contributed by atoms with Crippen LogP contribution in [0.15, 0.2) is 48.5 Å². The van der Waals surface area contributed by atoms with E-state index in [-0.39, 0.29) is 5.91 Å². The molecule has 25 heavy (non-hydrogen) atoms. The van der Waals surface area contributed by atoms with E-state index in [1.54, 1.807) is 24.3 Å². The molecule has 5 heteroatoms. The highest BCUT2D eigenvalue weighted by Crippen LogP contribution is 2.27. The maximum Gasteiger partial charge on any atom is 0.279 e. The summed E-state index contributed by atoms with van der Waals surface area (Å²) in [5.41, 5.74) is 9.09. The molecule has 2 aromatic rings. The van der Waals surface area contributed by atoms with E-state index in [2.05, 4.69) is 36.6 Å². The largest absolute Gasteiger partial charge is 0.366 e. The Balaban J connectivity index is 1.62. The topological polar surface area (TPSA) is 76.6 Å². The Bertz CT molecular complexity index is 771. The molecule has 2 aromatic carbocycles. The van der Waals surface area contributed by atoms with Crippen LogP contribution in [0.5, 0.6) is 0 Å². The van der Waals surface area contributed by atoms with Crippen molar-refractivity contribution in [1.82, 2.24) is 0 Å². The SMILES string of the molecule is C[NH+](CC(=O)Nc1ccc(C(N)=O)cc1)[C@@H]1CCCc2ccccc21. The van der Waals surface area contributed by atoms with Gasteiger partial charge in [0.2, 0.25) is 5.91 Å². The van der Waals surface area contributed by atoms with E-state index < -0.39 is 5.91 Å². The van der Waals surface area contributed by atoms with Gasteiger partial charge in [0.15, 0.2) is 6.54 Å². The number of hydrogen-bond acceptors (Lipinski definition) is 2. The maximum absolute atomic E-state index is 12.4. The second-order valence-corrected chi connectivity index (χ2v) is 6.66. The third-order valence-corrected chi connectivity index (χ3v) is 4.86. The van der Waals surface area contributed by atoms with Gasteiger partial charge in [-0.15, -0.1) is 0 Å². The summed E-state index contributed by atoms with van der Waals surface area (Å²) >= 11 is 0. The number of anilines is 1. The summed E-state index contributed by atoms with van der Waals surface area (Å²) in [6.07, 6.45) is 3.39. The number of rotatable bonds is 5. The fourth-order valence-electron chi connectivity index (χ4n) is 3.57. The van der Waals surface area contributed by atoms with Crippen molar-refractivity contribution in [3.63, 3.8) is 0 Å². The number of carbonyl (C=O) groups is 2. The fraction of sp³-hybridized carbons (Fsp3) is 0.300. The van der Waals surface area contributed by atoms with Gasteiger partial charge in [0, 0.05) is 23.2 Å². The first-order valence-electron chi connectivity index (χ1n) is 8.64. The number of carbonyl (C=O) groups excluding carboxylic acids is 2. The molecule has 0 fully saturated rings. The molecule has 2 amide bonds. The minimum Gasteiger partial charge on any atom is -0.366 e. The molecule has 2 atom stereocenters. The van der Waals surface area contributed by atoms with Crippen molar-refractivity contribution >= 4 is 17.5 Å². The predicted molar refractivity (Wildman–Crippen MR) is 97.5 cm³/mol. The molecule has 4 N–H and O–H groups in total. The van der Waals surface area contributed by atoms with Crippen molar-refractivity contribution < 1.29 is 14.5 Å². The Kier molecular flexibility index (Phi) is 5.14. The number of hydrogen-bond donors (Lipinski definition) is 3. The Morgan fingerprint density at radius 3 is 2.60 bits per heavy atom. The van der Waals surface area contributed by atoms with Crippen LogP contribution >= 0.6 is 0 Å². The summed E-state index contributed by atoms with van der Waals surface area (Å²) in [7, 11) is 2.07. The molecule has 0 aromatic heterocycles. The third-order valence-electron chi connectivity index (χ3n) is 4.86. The van der Waals surface area contributed by atoms with Crippen LogP contribution in [0.2, 0.25) is 0 Å². The molecule has 1 aliphatic rings. The average Bonchev–Trinajstić information content (AvgIpc) is 2.61. The first kappa shape index (κ1) is 17.2. The zero-order valence-corrected chi connectivity index (χ0v) is 14.4. The summed E-state index contributed by atoms with van der Waals surface area (Å²) in [5, 5.41) is 2.89. The van der Waals surface area contributed by atoms with Crippen LogP contribution in [-0.4, -0.2) is 25.4 Å². The molecule has 130 valence electrons. The van der Waals surface area contributed by atoms with Crippen LogP contribution in [0, 0.1) is 0 Å². The molecule has 0 saturated heterocycles. The zero-order chi connectivity index (χ0) is 17.8. The first-order valence-corrected chi connectivity index (χ1v) is 8.64. The molecule has 1 unspecified atom stereocenters. The smallest absolute Gasteiger partial charge is 0.279 e. The van der Waals surface area contributed by atoms with E-state index in [1.807, 2.05) is 0 Å². The molecule has 1 aliphatic carbocycles. The lowest BCUT2D eigenvalue weighted by molar-refractivity contribution is -0.905. The normalized spacial score (nSPS) is 17.4. The Morgan fingerprint density at radius 2 is 1.88 bits per heavy atom. The number of nitrogens with two attached hydrogens (primary N) is 1. The summed E-state index contributed by atoms with van der Waals surface area (Å²) in [5.74, 6) is -0.509. The number of amides is 2. The summed E-state index contributed by atoms with van der Waals surface area (Å²) in [6, 6.07) is 15.5. The van der Waals surface area contributed by atoms with Crippen molar-refractivity contribution in [3.8, 4) is 0 Å². The molecule has 0 bridgehead atoms. The van der Waals surface area contributed by atoms with E-state index in [4.69, 9.17) is 5.73 Å². The van der Waals surface area contributed by atoms with E-state index in [1.165, 1.54) is 16.0 Å². The monoisotopic (exact) mass is 338 g/mol. The van der Waals surface area contributed by atoms with Crippen molar-refractivity contribution in [2.24, 2.45) is 5.73 Å². The van der Waals surface area contributed by atoms with E-state index in [0.29, 0.717) is 23.8 Å². The molecule has 0 radical (unpaired) electrons. The van der Waals surface area contributed by atoms with E-state index >= 15 is 0 Å². The van der Waals surface area contributed by atoms with E-state index in [9.17, 15) is 9.59 Å². The van der Waals surface area contributed by atoms with Crippen LogP contribution in [0.25, 0.3) is 0 Å². The number of likely N-dealkylation sites (N-methyl/N-ethyl adjacent to an activating group) is 1. The lowest BCUT2D eigenvalue weighted by Crippen LogP contribution is -3.10. The van der Waals surface area contributed by atoms with Gasteiger partial charge < -0.3 is 16.0 Å². The second kappa shape index (κ2) is 7.49. The molecule has 3 rings (SSSR count). The van der Waals surface area contributed by atoms with Crippen LogP contribution in [-0.2, 0) is 11.2 Å². The zero-order valence-electron chi connectivity index (χ0n) is 14.4. The predicted octanol–water partition coefficient (Wildman–Crippen LogP) is 1.32. The summed E-state index contributed by atoms with van der Waals surface area (Å²) in [6.45, 7) is 0.399. The lowest BCUT2D eigenvalue weighted by atomic mass is 9.87. The van der Waals surface area contributed by atoms with Crippen LogP contribution in [0.1, 0.15) is 40.4 Å². The third kappa shape index (κ3) is 4.06. The second-order valence-electron chi connectivity index (χ2n) is 6.66. The molecular weight excluding hydrogens is 314 g/mol. The molecule has 0 saturated carbocycles. The van der Waals surface area contributed by atoms with Crippen molar-refractivity contribution in [2.75, 3.05) is 18.9 Å². The lowest BCUT2D eigenvalue weighted by Gasteiger charge is -2.30. The van der Waals surface area contributed by atoms with Gasteiger partial charge in [0.05, 0.1) is 7.05 Å². The number of primary amides is 1. The number of quaternary nitrogens is 1. The van der Waals surface area contributed by atoms with Crippen molar-refractivity contribution in [3.05, 3.63) is 65.2 Å². The van der Waals surface area contributed by atoms with E-state index in [0.717, 1.165) is 19.3 Å². The Hall–Kier alpha value is -2.66. The quantitative estimate of drug-likeness (QED) is 0.769. The number of nitrogens with one attached hydrogen (secondary N) is 2. The molecule has 0 spiro atoms. The van der Waals surface area contributed by atoms with Crippen LogP contribution < -0.4 is 16.0 Å². The van der Waals surface area contributed by atoms with Gasteiger partial charge in [0.25, 0.3) is 5.91 Å². The van der Waals surface area contributed by atoms with Gasteiger partial charge in [-0.2, -0.15) is 0 Å². The minimum absolute atomic E-state index is 0.0348. The first-order chi connectivity index (χ1) is 12.0. The minimum atomic E-state index is -0.474. The van der Waals surface area contributed by atoms with Gasteiger partial charge in [-0.3, -0.25) is 9.59 Å². The van der Waals surface area contributed by atoms with Gasteiger partial charge >= 0.3 is 0 Å². The summed E-state index contributed by atoms with van der Waals surface area (Å²) < 4.78 is 0. The molecule has 5 nitrogen and oxygen atoms in total.